The number of carbonyl (C=O) groups excluding carboxylic acids is 1. The van der Waals surface area contributed by atoms with E-state index < -0.39 is 0 Å². The highest BCUT2D eigenvalue weighted by atomic mass is 16.2. The molecule has 2 rings (SSSR count). The van der Waals surface area contributed by atoms with Crippen LogP contribution in [-0.4, -0.2) is 24.0 Å². The molecule has 1 atom stereocenters. The van der Waals surface area contributed by atoms with Crippen LogP contribution in [0.5, 0.6) is 0 Å². The summed E-state index contributed by atoms with van der Waals surface area (Å²) in [5.74, 6) is 0.219. The lowest BCUT2D eigenvalue weighted by Crippen LogP contribution is -2.53. The average molecular weight is 224 g/mol. The number of carbonyl (C=O) groups is 1. The van der Waals surface area contributed by atoms with E-state index in [-0.39, 0.29) is 11.4 Å². The summed E-state index contributed by atoms with van der Waals surface area (Å²) < 4.78 is 0. The van der Waals surface area contributed by atoms with Crippen molar-refractivity contribution in [3.05, 3.63) is 0 Å². The minimum atomic E-state index is -0.299. The van der Waals surface area contributed by atoms with Crippen molar-refractivity contribution in [1.82, 2.24) is 10.6 Å². The molecular formula is C13H24N2O. The van der Waals surface area contributed by atoms with Gasteiger partial charge in [0.25, 0.3) is 0 Å². The summed E-state index contributed by atoms with van der Waals surface area (Å²) >= 11 is 0. The summed E-state index contributed by atoms with van der Waals surface area (Å²) in [6, 6.07) is 0.425. The summed E-state index contributed by atoms with van der Waals surface area (Å²) in [5.41, 5.74) is -0.299. The average Bonchev–Trinajstić information content (AvgIpc) is 2.56. The van der Waals surface area contributed by atoms with E-state index in [1.807, 2.05) is 6.92 Å². The van der Waals surface area contributed by atoms with Gasteiger partial charge in [-0.2, -0.15) is 0 Å². The molecule has 0 aromatic heterocycles. The summed E-state index contributed by atoms with van der Waals surface area (Å²) in [6.45, 7) is 3.01. The van der Waals surface area contributed by atoms with Gasteiger partial charge < -0.3 is 10.6 Å². The van der Waals surface area contributed by atoms with Gasteiger partial charge in [-0.25, -0.2) is 0 Å². The summed E-state index contributed by atoms with van der Waals surface area (Å²) in [4.78, 5) is 12.2. The molecule has 2 fully saturated rings. The number of hydrogen-bond donors (Lipinski definition) is 2. The molecule has 0 aromatic carbocycles. The third kappa shape index (κ3) is 2.76. The Balaban J connectivity index is 1.85. The smallest absolute Gasteiger partial charge is 0.240 e. The first-order chi connectivity index (χ1) is 7.71. The van der Waals surface area contributed by atoms with Gasteiger partial charge in [-0.05, 0) is 39.2 Å². The van der Waals surface area contributed by atoms with Gasteiger partial charge in [0.2, 0.25) is 5.91 Å². The van der Waals surface area contributed by atoms with Crippen molar-refractivity contribution < 1.29 is 4.79 Å². The fourth-order valence-electron chi connectivity index (χ4n) is 2.86. The fraction of sp³-hybridized carbons (Fsp3) is 0.923. The van der Waals surface area contributed by atoms with Crippen molar-refractivity contribution in [1.29, 1.82) is 0 Å². The highest BCUT2D eigenvalue weighted by molar-refractivity contribution is 5.86. The van der Waals surface area contributed by atoms with Crippen LogP contribution in [0.25, 0.3) is 0 Å². The Labute approximate surface area is 98.4 Å². The highest BCUT2D eigenvalue weighted by Gasteiger charge is 2.36. The molecule has 3 heteroatoms. The Morgan fingerprint density at radius 1 is 1.19 bits per heavy atom. The Hall–Kier alpha value is -0.570. The molecule has 92 valence electrons. The SMILES string of the molecule is CC1(C(=O)NC2CCCCCC2)CCCN1. The van der Waals surface area contributed by atoms with Crippen LogP contribution in [0, 0.1) is 0 Å². The second-order valence-electron chi connectivity index (χ2n) is 5.52. The molecule has 0 aromatic rings. The molecule has 1 unspecified atom stereocenters. The van der Waals surface area contributed by atoms with Gasteiger partial charge in [0.1, 0.15) is 0 Å². The summed E-state index contributed by atoms with van der Waals surface area (Å²) in [6.07, 6.45) is 9.65. The van der Waals surface area contributed by atoms with Crippen molar-refractivity contribution >= 4 is 5.91 Å². The lowest BCUT2D eigenvalue weighted by atomic mass is 9.98. The molecular weight excluding hydrogens is 200 g/mol. The van der Waals surface area contributed by atoms with Crippen LogP contribution in [0.4, 0.5) is 0 Å². The monoisotopic (exact) mass is 224 g/mol. The molecule has 1 amide bonds. The molecule has 0 radical (unpaired) electrons. The second kappa shape index (κ2) is 5.17. The first kappa shape index (κ1) is 11.9. The van der Waals surface area contributed by atoms with Crippen molar-refractivity contribution in [2.24, 2.45) is 0 Å². The van der Waals surface area contributed by atoms with Crippen LogP contribution in [0.1, 0.15) is 58.3 Å². The largest absolute Gasteiger partial charge is 0.352 e. The van der Waals surface area contributed by atoms with E-state index in [1.165, 1.54) is 38.5 Å². The van der Waals surface area contributed by atoms with Gasteiger partial charge in [0, 0.05) is 6.04 Å². The summed E-state index contributed by atoms with van der Waals surface area (Å²) in [5, 5.41) is 6.57. The topological polar surface area (TPSA) is 41.1 Å². The van der Waals surface area contributed by atoms with E-state index in [0.29, 0.717) is 6.04 Å². The van der Waals surface area contributed by atoms with E-state index in [0.717, 1.165) is 19.4 Å². The molecule has 16 heavy (non-hydrogen) atoms. The van der Waals surface area contributed by atoms with E-state index in [1.54, 1.807) is 0 Å². The van der Waals surface area contributed by atoms with Crippen LogP contribution < -0.4 is 10.6 Å². The predicted octanol–water partition coefficient (Wildman–Crippen LogP) is 1.97. The zero-order chi connectivity index (χ0) is 11.4. The van der Waals surface area contributed by atoms with E-state index in [4.69, 9.17) is 0 Å². The van der Waals surface area contributed by atoms with E-state index in [9.17, 15) is 4.79 Å². The maximum Gasteiger partial charge on any atom is 0.240 e. The van der Waals surface area contributed by atoms with Gasteiger partial charge in [-0.3, -0.25) is 4.79 Å². The molecule has 1 saturated heterocycles. The predicted molar refractivity (Wildman–Crippen MR) is 65.3 cm³/mol. The highest BCUT2D eigenvalue weighted by Crippen LogP contribution is 2.21. The normalized spacial score (nSPS) is 32.3. The number of nitrogens with one attached hydrogen (secondary N) is 2. The Kier molecular flexibility index (Phi) is 3.85. The van der Waals surface area contributed by atoms with Crippen molar-refractivity contribution in [3.8, 4) is 0 Å². The lowest BCUT2D eigenvalue weighted by molar-refractivity contribution is -0.127. The van der Waals surface area contributed by atoms with Crippen LogP contribution >= 0.6 is 0 Å². The molecule has 2 N–H and O–H groups in total. The van der Waals surface area contributed by atoms with Gasteiger partial charge in [-0.1, -0.05) is 25.7 Å². The molecule has 2 aliphatic rings. The van der Waals surface area contributed by atoms with Gasteiger partial charge in [-0.15, -0.1) is 0 Å². The molecule has 1 saturated carbocycles. The molecule has 0 spiro atoms. The first-order valence-electron chi connectivity index (χ1n) is 6.77. The standard InChI is InChI=1S/C13H24N2O/c1-13(9-6-10-14-13)12(16)15-11-7-4-2-3-5-8-11/h11,14H,2-10H2,1H3,(H,15,16). The summed E-state index contributed by atoms with van der Waals surface area (Å²) in [7, 11) is 0. The lowest BCUT2D eigenvalue weighted by Gasteiger charge is -2.26. The maximum absolute atomic E-state index is 12.2. The third-order valence-corrected chi connectivity index (χ3v) is 4.06. The van der Waals surface area contributed by atoms with Gasteiger partial charge in [0.05, 0.1) is 5.54 Å². The Morgan fingerprint density at radius 2 is 1.88 bits per heavy atom. The first-order valence-corrected chi connectivity index (χ1v) is 6.77. The Bertz CT molecular complexity index is 238. The van der Waals surface area contributed by atoms with Crippen LogP contribution in [-0.2, 0) is 4.79 Å². The number of rotatable bonds is 2. The molecule has 1 heterocycles. The molecule has 1 aliphatic heterocycles. The van der Waals surface area contributed by atoms with Crippen LogP contribution in [0.3, 0.4) is 0 Å². The molecule has 3 nitrogen and oxygen atoms in total. The molecule has 1 aliphatic carbocycles. The van der Waals surface area contributed by atoms with Gasteiger partial charge in [0.15, 0.2) is 0 Å². The quantitative estimate of drug-likeness (QED) is 0.704. The van der Waals surface area contributed by atoms with Crippen LogP contribution in [0.15, 0.2) is 0 Å². The number of amides is 1. The molecule has 0 bridgehead atoms. The zero-order valence-electron chi connectivity index (χ0n) is 10.3. The van der Waals surface area contributed by atoms with Crippen LogP contribution in [0.2, 0.25) is 0 Å². The fourth-order valence-corrected chi connectivity index (χ4v) is 2.86. The van der Waals surface area contributed by atoms with E-state index in [2.05, 4.69) is 10.6 Å². The van der Waals surface area contributed by atoms with E-state index >= 15 is 0 Å². The zero-order valence-corrected chi connectivity index (χ0v) is 10.3. The van der Waals surface area contributed by atoms with Crippen molar-refractivity contribution in [2.45, 2.75) is 69.9 Å². The maximum atomic E-state index is 12.2. The second-order valence-corrected chi connectivity index (χ2v) is 5.52. The van der Waals surface area contributed by atoms with Crippen molar-refractivity contribution in [2.75, 3.05) is 6.54 Å². The third-order valence-electron chi connectivity index (χ3n) is 4.06. The van der Waals surface area contributed by atoms with Gasteiger partial charge >= 0.3 is 0 Å². The number of hydrogen-bond acceptors (Lipinski definition) is 2. The van der Waals surface area contributed by atoms with Crippen molar-refractivity contribution in [3.63, 3.8) is 0 Å². The Morgan fingerprint density at radius 3 is 2.44 bits per heavy atom. The minimum absolute atomic E-state index is 0.219. The minimum Gasteiger partial charge on any atom is -0.352 e.